The Bertz CT molecular complexity index is 1040. The summed E-state index contributed by atoms with van der Waals surface area (Å²) in [7, 11) is 0. The fourth-order valence-electron chi connectivity index (χ4n) is 3.26. The molecule has 0 radical (unpaired) electrons. The van der Waals surface area contributed by atoms with Crippen LogP contribution in [0.4, 0.5) is 21.9 Å². The molecule has 1 aliphatic heterocycles. The van der Waals surface area contributed by atoms with E-state index in [0.29, 0.717) is 23.5 Å². The minimum atomic E-state index is -0.336. The smallest absolute Gasteiger partial charge is 0.308 e. The number of urea groups is 1. The van der Waals surface area contributed by atoms with Gasteiger partial charge in [0.1, 0.15) is 0 Å². The highest BCUT2D eigenvalue weighted by molar-refractivity contribution is 9.10. The number of nitrogens with zero attached hydrogens (tertiary/aromatic N) is 1. The lowest BCUT2D eigenvalue weighted by molar-refractivity contribution is 0.0989. The highest BCUT2D eigenvalue weighted by Crippen LogP contribution is 2.32. The average Bonchev–Trinajstić information content (AvgIpc) is 3.11. The zero-order chi connectivity index (χ0) is 19.5. The van der Waals surface area contributed by atoms with Gasteiger partial charge in [-0.25, -0.2) is 4.79 Å². The summed E-state index contributed by atoms with van der Waals surface area (Å²) in [4.78, 5) is 26.9. The standard InChI is InChI=1S/C22H18BrN3O2/c23-17-7-4-8-18(13-17)24-22(28)25-19-10-9-15-11-12-26(20(15)14-19)21(27)16-5-2-1-3-6-16/h1-10,13-14H,11-12H2,(H2,24,25,28). The molecular formula is C22H18BrN3O2. The van der Waals surface area contributed by atoms with E-state index in [1.165, 1.54) is 0 Å². The third kappa shape index (κ3) is 3.92. The van der Waals surface area contributed by atoms with E-state index in [2.05, 4.69) is 26.6 Å². The quantitative estimate of drug-likeness (QED) is 0.586. The molecule has 1 aliphatic rings. The molecule has 3 aromatic carbocycles. The van der Waals surface area contributed by atoms with E-state index in [9.17, 15) is 9.59 Å². The number of amides is 3. The molecule has 0 spiro atoms. The zero-order valence-electron chi connectivity index (χ0n) is 15.0. The van der Waals surface area contributed by atoms with Gasteiger partial charge in [-0.3, -0.25) is 4.79 Å². The number of carbonyl (C=O) groups is 2. The number of halogens is 1. The molecule has 0 atom stereocenters. The maximum absolute atomic E-state index is 12.8. The molecule has 0 saturated heterocycles. The van der Waals surface area contributed by atoms with E-state index in [-0.39, 0.29) is 11.9 Å². The topological polar surface area (TPSA) is 61.4 Å². The monoisotopic (exact) mass is 435 g/mol. The molecule has 0 aliphatic carbocycles. The molecule has 0 aromatic heterocycles. The summed E-state index contributed by atoms with van der Waals surface area (Å²) in [6.07, 6.45) is 0.804. The van der Waals surface area contributed by atoms with Gasteiger partial charge in [0.15, 0.2) is 0 Å². The average molecular weight is 436 g/mol. The minimum absolute atomic E-state index is 0.0323. The van der Waals surface area contributed by atoms with Crippen molar-refractivity contribution in [3.63, 3.8) is 0 Å². The SMILES string of the molecule is O=C(Nc1cccc(Br)c1)Nc1ccc2c(c1)N(C(=O)c1ccccc1)CC2. The van der Waals surface area contributed by atoms with Gasteiger partial charge in [0, 0.05) is 33.6 Å². The molecule has 3 aromatic rings. The zero-order valence-corrected chi connectivity index (χ0v) is 16.6. The summed E-state index contributed by atoms with van der Waals surface area (Å²) < 4.78 is 0.887. The predicted molar refractivity (Wildman–Crippen MR) is 115 cm³/mol. The summed E-state index contributed by atoms with van der Waals surface area (Å²) in [5.74, 6) is -0.0323. The fourth-order valence-corrected chi connectivity index (χ4v) is 3.66. The molecule has 0 unspecified atom stereocenters. The van der Waals surface area contributed by atoms with Gasteiger partial charge >= 0.3 is 6.03 Å². The van der Waals surface area contributed by atoms with Crippen molar-refractivity contribution in [1.29, 1.82) is 0 Å². The second-order valence-electron chi connectivity index (χ2n) is 6.51. The van der Waals surface area contributed by atoms with Crippen molar-refractivity contribution < 1.29 is 9.59 Å². The van der Waals surface area contributed by atoms with Crippen LogP contribution in [0.1, 0.15) is 15.9 Å². The van der Waals surface area contributed by atoms with E-state index < -0.39 is 0 Å². The molecule has 5 nitrogen and oxygen atoms in total. The second-order valence-corrected chi connectivity index (χ2v) is 7.42. The van der Waals surface area contributed by atoms with Crippen LogP contribution in [0.2, 0.25) is 0 Å². The summed E-state index contributed by atoms with van der Waals surface area (Å²) in [5, 5.41) is 5.63. The highest BCUT2D eigenvalue weighted by atomic mass is 79.9. The van der Waals surface area contributed by atoms with Gasteiger partial charge in [0.05, 0.1) is 0 Å². The lowest BCUT2D eigenvalue weighted by Crippen LogP contribution is -2.29. The molecule has 1 heterocycles. The minimum Gasteiger partial charge on any atom is -0.308 e. The molecule has 4 rings (SSSR count). The first kappa shape index (κ1) is 18.3. The van der Waals surface area contributed by atoms with Gasteiger partial charge in [0.2, 0.25) is 0 Å². The lowest BCUT2D eigenvalue weighted by atomic mass is 10.1. The van der Waals surface area contributed by atoms with Crippen LogP contribution in [-0.2, 0) is 6.42 Å². The Hall–Kier alpha value is -3.12. The van der Waals surface area contributed by atoms with Gasteiger partial charge in [-0.15, -0.1) is 0 Å². The van der Waals surface area contributed by atoms with E-state index in [1.54, 1.807) is 4.90 Å². The van der Waals surface area contributed by atoms with Gasteiger partial charge in [0.25, 0.3) is 5.91 Å². The van der Waals surface area contributed by atoms with Gasteiger partial charge < -0.3 is 15.5 Å². The Morgan fingerprint density at radius 1 is 0.857 bits per heavy atom. The number of nitrogens with one attached hydrogen (secondary N) is 2. The normalized spacial score (nSPS) is 12.4. The number of anilines is 3. The maximum Gasteiger partial charge on any atom is 0.323 e. The van der Waals surface area contributed by atoms with Crippen LogP contribution in [0, 0.1) is 0 Å². The third-order valence-electron chi connectivity index (χ3n) is 4.59. The van der Waals surface area contributed by atoms with Crippen LogP contribution in [-0.4, -0.2) is 18.5 Å². The van der Waals surface area contributed by atoms with Gasteiger partial charge in [-0.05, 0) is 54.4 Å². The van der Waals surface area contributed by atoms with Crippen molar-refractivity contribution in [1.82, 2.24) is 0 Å². The van der Waals surface area contributed by atoms with Crippen LogP contribution in [0.3, 0.4) is 0 Å². The highest BCUT2D eigenvalue weighted by Gasteiger charge is 2.25. The van der Waals surface area contributed by atoms with Crippen molar-refractivity contribution >= 4 is 44.9 Å². The Kier molecular flexibility index (Phi) is 5.12. The summed E-state index contributed by atoms with van der Waals surface area (Å²) in [6, 6.07) is 21.9. The first-order chi connectivity index (χ1) is 13.6. The van der Waals surface area contributed by atoms with Crippen molar-refractivity contribution in [3.05, 3.63) is 88.4 Å². The van der Waals surface area contributed by atoms with Gasteiger partial charge in [-0.1, -0.05) is 46.3 Å². The van der Waals surface area contributed by atoms with Gasteiger partial charge in [-0.2, -0.15) is 0 Å². The Morgan fingerprint density at radius 3 is 2.36 bits per heavy atom. The summed E-state index contributed by atoms with van der Waals surface area (Å²) >= 11 is 3.38. The van der Waals surface area contributed by atoms with Crippen LogP contribution < -0.4 is 15.5 Å². The van der Waals surface area contributed by atoms with E-state index in [0.717, 1.165) is 22.1 Å². The molecule has 2 N–H and O–H groups in total. The van der Waals surface area contributed by atoms with Crippen molar-refractivity contribution in [2.45, 2.75) is 6.42 Å². The molecular weight excluding hydrogens is 418 g/mol. The lowest BCUT2D eigenvalue weighted by Gasteiger charge is -2.18. The van der Waals surface area contributed by atoms with Crippen LogP contribution in [0.15, 0.2) is 77.3 Å². The number of hydrogen-bond acceptors (Lipinski definition) is 2. The van der Waals surface area contributed by atoms with E-state index in [4.69, 9.17) is 0 Å². The number of rotatable bonds is 3. The maximum atomic E-state index is 12.8. The van der Waals surface area contributed by atoms with Crippen LogP contribution in [0.25, 0.3) is 0 Å². The fraction of sp³-hybridized carbons (Fsp3) is 0.0909. The Morgan fingerprint density at radius 2 is 1.61 bits per heavy atom. The molecule has 0 saturated carbocycles. The molecule has 0 fully saturated rings. The molecule has 3 amide bonds. The van der Waals surface area contributed by atoms with Crippen molar-refractivity contribution in [3.8, 4) is 0 Å². The Balaban J connectivity index is 1.50. The predicted octanol–water partition coefficient (Wildman–Crippen LogP) is 5.30. The first-order valence-electron chi connectivity index (χ1n) is 8.93. The second kappa shape index (κ2) is 7.86. The number of fused-ring (bicyclic) bond motifs is 1. The number of carbonyl (C=O) groups excluding carboxylic acids is 2. The van der Waals surface area contributed by atoms with Crippen molar-refractivity contribution in [2.24, 2.45) is 0 Å². The first-order valence-corrected chi connectivity index (χ1v) is 9.73. The largest absolute Gasteiger partial charge is 0.323 e. The Labute approximate surface area is 171 Å². The van der Waals surface area contributed by atoms with E-state index >= 15 is 0 Å². The van der Waals surface area contributed by atoms with Crippen molar-refractivity contribution in [2.75, 3.05) is 22.1 Å². The third-order valence-corrected chi connectivity index (χ3v) is 5.08. The molecule has 6 heteroatoms. The molecule has 140 valence electrons. The van der Waals surface area contributed by atoms with Crippen LogP contribution in [0.5, 0.6) is 0 Å². The molecule has 0 bridgehead atoms. The van der Waals surface area contributed by atoms with E-state index in [1.807, 2.05) is 72.8 Å². The van der Waals surface area contributed by atoms with Crippen LogP contribution >= 0.6 is 15.9 Å². The summed E-state index contributed by atoms with van der Waals surface area (Å²) in [6.45, 7) is 0.636. The number of benzene rings is 3. The summed E-state index contributed by atoms with van der Waals surface area (Å²) in [5.41, 5.74) is 3.92. The molecule has 28 heavy (non-hydrogen) atoms. The number of hydrogen-bond donors (Lipinski definition) is 2.